The summed E-state index contributed by atoms with van der Waals surface area (Å²) in [5, 5.41) is 0.300. The molecule has 118 valence electrons. The van der Waals surface area contributed by atoms with Gasteiger partial charge >= 0.3 is 0 Å². The Balaban J connectivity index is 2.31. The van der Waals surface area contributed by atoms with Crippen LogP contribution in [0.5, 0.6) is 11.5 Å². The number of halogens is 2. The highest BCUT2D eigenvalue weighted by Crippen LogP contribution is 2.43. The summed E-state index contributed by atoms with van der Waals surface area (Å²) in [6, 6.07) is 3.66. The standard InChI is InChI=1S/C16H22Cl2O3/c1-4-19-13-8-11(12(17)9-14(13)20-5-2)15(18)16-10(3)6-7-21-16/h8-10,15-16H,4-7H2,1-3H3. The fraction of sp³-hybridized carbons (Fsp3) is 0.625. The first-order chi connectivity index (χ1) is 10.1. The molecule has 1 heterocycles. The summed E-state index contributed by atoms with van der Waals surface area (Å²) < 4.78 is 17.0. The van der Waals surface area contributed by atoms with Crippen LogP contribution in [-0.4, -0.2) is 25.9 Å². The van der Waals surface area contributed by atoms with Gasteiger partial charge in [-0.05, 0) is 37.8 Å². The summed E-state index contributed by atoms with van der Waals surface area (Å²) in [5.74, 6) is 1.75. The first-order valence-corrected chi connectivity index (χ1v) is 8.24. The van der Waals surface area contributed by atoms with Gasteiger partial charge < -0.3 is 14.2 Å². The average molecular weight is 333 g/mol. The van der Waals surface area contributed by atoms with E-state index < -0.39 is 0 Å². The molecule has 3 atom stereocenters. The lowest BCUT2D eigenvalue weighted by molar-refractivity contribution is 0.0903. The molecule has 21 heavy (non-hydrogen) atoms. The number of benzene rings is 1. The monoisotopic (exact) mass is 332 g/mol. The topological polar surface area (TPSA) is 27.7 Å². The highest BCUT2D eigenvalue weighted by atomic mass is 35.5. The Morgan fingerprint density at radius 1 is 1.24 bits per heavy atom. The van der Waals surface area contributed by atoms with E-state index in [2.05, 4.69) is 6.92 Å². The Bertz CT molecular complexity index is 479. The van der Waals surface area contributed by atoms with E-state index in [1.165, 1.54) is 0 Å². The summed E-state index contributed by atoms with van der Waals surface area (Å²) in [6.07, 6.45) is 1.01. The first-order valence-electron chi connectivity index (χ1n) is 7.43. The molecule has 1 aliphatic heterocycles. The van der Waals surface area contributed by atoms with Crippen LogP contribution < -0.4 is 9.47 Å². The van der Waals surface area contributed by atoms with Gasteiger partial charge in [0, 0.05) is 17.7 Å². The van der Waals surface area contributed by atoms with Crippen molar-refractivity contribution in [1.82, 2.24) is 0 Å². The van der Waals surface area contributed by atoms with Gasteiger partial charge in [0.1, 0.15) is 0 Å². The van der Waals surface area contributed by atoms with E-state index in [1.54, 1.807) is 6.07 Å². The quantitative estimate of drug-likeness (QED) is 0.697. The van der Waals surface area contributed by atoms with Gasteiger partial charge in [-0.2, -0.15) is 0 Å². The van der Waals surface area contributed by atoms with Crippen molar-refractivity contribution in [3.8, 4) is 11.5 Å². The van der Waals surface area contributed by atoms with Gasteiger partial charge in [0.2, 0.25) is 0 Å². The molecule has 1 saturated heterocycles. The zero-order valence-electron chi connectivity index (χ0n) is 12.7. The van der Waals surface area contributed by atoms with E-state index in [1.807, 2.05) is 19.9 Å². The normalized spacial score (nSPS) is 23.1. The van der Waals surface area contributed by atoms with E-state index in [0.29, 0.717) is 35.7 Å². The molecule has 0 bridgehead atoms. The Morgan fingerprint density at radius 2 is 1.86 bits per heavy atom. The van der Waals surface area contributed by atoms with Crippen LogP contribution in [0.1, 0.15) is 38.1 Å². The van der Waals surface area contributed by atoms with Crippen LogP contribution in [0, 0.1) is 5.92 Å². The van der Waals surface area contributed by atoms with E-state index in [-0.39, 0.29) is 11.5 Å². The summed E-state index contributed by atoms with van der Waals surface area (Å²) >= 11 is 13.0. The number of hydrogen-bond acceptors (Lipinski definition) is 3. The molecule has 0 aromatic heterocycles. The molecule has 0 aliphatic carbocycles. The van der Waals surface area contributed by atoms with Gasteiger partial charge in [-0.25, -0.2) is 0 Å². The van der Waals surface area contributed by atoms with E-state index in [0.717, 1.165) is 18.6 Å². The van der Waals surface area contributed by atoms with Crippen LogP contribution in [0.3, 0.4) is 0 Å². The maximum atomic E-state index is 6.61. The highest BCUT2D eigenvalue weighted by molar-refractivity contribution is 6.33. The predicted molar refractivity (Wildman–Crippen MR) is 85.9 cm³/mol. The molecule has 1 aromatic rings. The molecule has 5 heteroatoms. The summed E-state index contributed by atoms with van der Waals surface area (Å²) in [5.41, 5.74) is 0.837. The number of alkyl halides is 1. The largest absolute Gasteiger partial charge is 0.490 e. The minimum absolute atomic E-state index is 0.0170. The highest BCUT2D eigenvalue weighted by Gasteiger charge is 2.33. The van der Waals surface area contributed by atoms with Gasteiger partial charge in [-0.3, -0.25) is 0 Å². The lowest BCUT2D eigenvalue weighted by Gasteiger charge is -2.23. The third-order valence-electron chi connectivity index (χ3n) is 3.69. The zero-order valence-corrected chi connectivity index (χ0v) is 14.2. The third kappa shape index (κ3) is 3.77. The van der Waals surface area contributed by atoms with Crippen LogP contribution in [0.2, 0.25) is 5.02 Å². The van der Waals surface area contributed by atoms with Gasteiger partial charge in [-0.15, -0.1) is 11.6 Å². The van der Waals surface area contributed by atoms with Crippen molar-refractivity contribution in [1.29, 1.82) is 0 Å². The molecule has 3 nitrogen and oxygen atoms in total. The SMILES string of the molecule is CCOc1cc(Cl)c(C(Cl)C2OCCC2C)cc1OCC. The van der Waals surface area contributed by atoms with Crippen molar-refractivity contribution < 1.29 is 14.2 Å². The van der Waals surface area contributed by atoms with Crippen molar-refractivity contribution >= 4 is 23.2 Å². The van der Waals surface area contributed by atoms with Crippen LogP contribution >= 0.6 is 23.2 Å². The van der Waals surface area contributed by atoms with Crippen molar-refractivity contribution in [2.75, 3.05) is 19.8 Å². The van der Waals surface area contributed by atoms with Crippen molar-refractivity contribution in [3.63, 3.8) is 0 Å². The molecule has 0 spiro atoms. The molecule has 0 saturated carbocycles. The first kappa shape index (κ1) is 16.7. The second kappa shape index (κ2) is 7.57. The minimum atomic E-state index is -0.287. The Morgan fingerprint density at radius 3 is 2.38 bits per heavy atom. The van der Waals surface area contributed by atoms with Crippen molar-refractivity contribution in [3.05, 3.63) is 22.7 Å². The van der Waals surface area contributed by atoms with E-state index in [4.69, 9.17) is 37.4 Å². The molecule has 1 aliphatic rings. The summed E-state index contributed by atoms with van der Waals surface area (Å²) in [4.78, 5) is 0. The molecule has 0 amide bonds. The fourth-order valence-electron chi connectivity index (χ4n) is 2.57. The second-order valence-corrected chi connectivity index (χ2v) is 6.07. The molecular weight excluding hydrogens is 311 g/mol. The van der Waals surface area contributed by atoms with Gasteiger partial charge in [0.25, 0.3) is 0 Å². The number of hydrogen-bond donors (Lipinski definition) is 0. The Labute approximate surface area is 136 Å². The smallest absolute Gasteiger partial charge is 0.162 e. The van der Waals surface area contributed by atoms with Crippen LogP contribution in [-0.2, 0) is 4.74 Å². The van der Waals surface area contributed by atoms with Crippen LogP contribution in [0.15, 0.2) is 12.1 Å². The van der Waals surface area contributed by atoms with Gasteiger partial charge in [0.05, 0.1) is 24.7 Å². The molecule has 1 aromatic carbocycles. The second-order valence-electron chi connectivity index (χ2n) is 5.19. The van der Waals surface area contributed by atoms with Crippen LogP contribution in [0.4, 0.5) is 0 Å². The number of rotatable bonds is 6. The molecule has 0 N–H and O–H groups in total. The fourth-order valence-corrected chi connectivity index (χ4v) is 3.40. The molecule has 3 unspecified atom stereocenters. The maximum absolute atomic E-state index is 6.61. The summed E-state index contributed by atoms with van der Waals surface area (Å²) in [6.45, 7) is 7.88. The average Bonchev–Trinajstić information content (AvgIpc) is 2.87. The summed E-state index contributed by atoms with van der Waals surface area (Å²) in [7, 11) is 0. The van der Waals surface area contributed by atoms with Crippen molar-refractivity contribution in [2.24, 2.45) is 5.92 Å². The lowest BCUT2D eigenvalue weighted by Crippen LogP contribution is -2.20. The Hall–Kier alpha value is -0.640. The van der Waals surface area contributed by atoms with Gasteiger partial charge in [0.15, 0.2) is 11.5 Å². The lowest BCUT2D eigenvalue weighted by atomic mass is 9.96. The zero-order chi connectivity index (χ0) is 15.4. The predicted octanol–water partition coefficient (Wildman–Crippen LogP) is 4.84. The van der Waals surface area contributed by atoms with E-state index in [9.17, 15) is 0 Å². The molecule has 2 rings (SSSR count). The van der Waals surface area contributed by atoms with E-state index >= 15 is 0 Å². The maximum Gasteiger partial charge on any atom is 0.162 e. The van der Waals surface area contributed by atoms with Crippen molar-refractivity contribution in [2.45, 2.75) is 38.7 Å². The third-order valence-corrected chi connectivity index (χ3v) is 4.50. The van der Waals surface area contributed by atoms with Crippen LogP contribution in [0.25, 0.3) is 0 Å². The molecular formula is C16H22Cl2O3. The minimum Gasteiger partial charge on any atom is -0.490 e. The molecule has 0 radical (unpaired) electrons. The van der Waals surface area contributed by atoms with Gasteiger partial charge in [-0.1, -0.05) is 18.5 Å². The molecule has 1 fully saturated rings. The number of ether oxygens (including phenoxy) is 3. The Kier molecular flexibility index (Phi) is 6.03.